The summed E-state index contributed by atoms with van der Waals surface area (Å²) in [4.78, 5) is 37.9. The van der Waals surface area contributed by atoms with Gasteiger partial charge in [0.1, 0.15) is 41.3 Å². The molecule has 0 amide bonds. The third-order valence-corrected chi connectivity index (χ3v) is 21.6. The number of hydrogen-bond donors (Lipinski definition) is 2. The number of phosphoric ester groups is 1. The van der Waals surface area contributed by atoms with Crippen LogP contribution in [0, 0.1) is 0 Å². The van der Waals surface area contributed by atoms with Crippen molar-refractivity contribution in [1.82, 2.24) is 9.30 Å². The topological polar surface area (TPSA) is 227 Å². The molecule has 0 radical (unpaired) electrons. The number of fused-ring (bicyclic) bond motifs is 4. The van der Waals surface area contributed by atoms with Crippen LogP contribution in [0.5, 0.6) is 11.5 Å². The van der Waals surface area contributed by atoms with E-state index < -0.39 is 82.2 Å². The molecule has 0 aliphatic carbocycles. The minimum absolute atomic E-state index is 0.0702. The predicted molar refractivity (Wildman–Crippen MR) is 343 cm³/mol. The number of ether oxygens (including phenoxy) is 3. The fraction of sp³-hybridized carbons (Fsp3) is 0.691. The Balaban J connectivity index is 0.875. The van der Waals surface area contributed by atoms with E-state index in [1.54, 1.807) is 0 Å². The van der Waals surface area contributed by atoms with Crippen LogP contribution in [0.25, 0.3) is 5.57 Å². The van der Waals surface area contributed by atoms with Gasteiger partial charge in [-0.05, 0) is 81.2 Å². The SMILES string of the molecule is CCCCCCCCCCCCCCCC(=O)OCC(COP(=O)(O)OCCNS(=O)(=O)c1ccc(C2=c3cc4c5c(c3Oc3c2cc2c6c3CCCN6CCC2)CCC[N+]=5CCC4)c(S(=O)(=O)[O-])c1)OC(=O)CCCCCCCCCCCCCCC. The minimum atomic E-state index is -5.33. The van der Waals surface area contributed by atoms with E-state index in [0.717, 1.165) is 162 Å². The van der Waals surface area contributed by atoms with Crippen LogP contribution in [-0.4, -0.2) is 96.9 Å². The molecule has 2 N–H and O–H groups in total. The lowest BCUT2D eigenvalue weighted by Crippen LogP contribution is -2.45. The standard InChI is InChI=1S/C68H102N3O14PS2/c1-3-5-7-9-11-13-15-17-19-21-23-25-27-37-62(72)81-50-54(84-63(73)38-28-26-24-22-20-18-16-14-12-10-8-6-4-2)51-83-86(74,75)82-46-41-69-87(76,77)55-39-40-56(61(49-55)88(78,79)80)64-59-47-52-33-29-42-70-44-31-35-57(65(52)70)67(59)85-68-58-36-32-45-71-43-30-34-53(66(58)71)48-60(64)68/h39-40,47-49,54,69H,3-38,41-46,50-51H2,1-2H3,(H-,74,75,78,79,80). The molecule has 20 heteroatoms. The van der Waals surface area contributed by atoms with Crippen molar-refractivity contribution in [2.45, 2.75) is 261 Å². The molecule has 3 aromatic rings. The second-order valence-corrected chi connectivity index (χ2v) is 29.8. The number of phosphoric acid groups is 1. The van der Waals surface area contributed by atoms with Crippen molar-refractivity contribution in [2.24, 2.45) is 0 Å². The normalized spacial score (nSPS) is 16.2. The predicted octanol–water partition coefficient (Wildman–Crippen LogP) is 12.9. The van der Waals surface area contributed by atoms with Gasteiger partial charge in [0.2, 0.25) is 15.4 Å². The van der Waals surface area contributed by atoms with Crippen molar-refractivity contribution < 1.29 is 63.7 Å². The summed E-state index contributed by atoms with van der Waals surface area (Å²) in [6.45, 7) is 5.89. The number of nitrogens with one attached hydrogen (secondary N) is 1. The number of nitrogens with zero attached hydrogens (tertiary/aromatic N) is 2. The van der Waals surface area contributed by atoms with Crippen molar-refractivity contribution in [3.63, 3.8) is 0 Å². The Hall–Kier alpha value is -4.20. The first-order valence-corrected chi connectivity index (χ1v) is 38.5. The molecule has 5 aliphatic rings. The van der Waals surface area contributed by atoms with Gasteiger partial charge in [0, 0.05) is 84.1 Å². The summed E-state index contributed by atoms with van der Waals surface area (Å²) in [5, 5.41) is 1.83. The largest absolute Gasteiger partial charge is 0.744 e. The number of carbonyl (C=O) groups excluding carboxylic acids is 2. The Labute approximate surface area is 525 Å². The number of esters is 2. The van der Waals surface area contributed by atoms with Gasteiger partial charge in [0.15, 0.2) is 6.10 Å². The highest BCUT2D eigenvalue weighted by Crippen LogP contribution is 2.49. The first-order valence-electron chi connectivity index (χ1n) is 34.1. The second kappa shape index (κ2) is 35.0. The molecule has 0 spiro atoms. The summed E-state index contributed by atoms with van der Waals surface area (Å²) < 4.78 is 115. The Bertz CT molecular complexity index is 3220. The average Bonchev–Trinajstić information content (AvgIpc) is 0.722. The average molecular weight is 1280 g/mol. The van der Waals surface area contributed by atoms with Gasteiger partial charge in [0.25, 0.3) is 0 Å². The maximum Gasteiger partial charge on any atom is 0.472 e. The Kier molecular flexibility index (Phi) is 27.7. The quantitative estimate of drug-likeness (QED) is 0.0138. The zero-order chi connectivity index (χ0) is 62.4. The van der Waals surface area contributed by atoms with Crippen LogP contribution in [-0.2, 0) is 78.5 Å². The van der Waals surface area contributed by atoms with Crippen LogP contribution in [0.15, 0.2) is 40.1 Å². The molecule has 2 unspecified atom stereocenters. The lowest BCUT2D eigenvalue weighted by molar-refractivity contribution is -0.161. The Morgan fingerprint density at radius 3 is 1.80 bits per heavy atom. The Morgan fingerprint density at radius 1 is 0.648 bits per heavy atom. The minimum Gasteiger partial charge on any atom is -0.744 e. The molecule has 8 rings (SSSR count). The zero-order valence-electron chi connectivity index (χ0n) is 53.0. The Morgan fingerprint density at radius 2 is 1.19 bits per heavy atom. The van der Waals surface area contributed by atoms with E-state index in [4.69, 9.17) is 23.3 Å². The van der Waals surface area contributed by atoms with Gasteiger partial charge in [0.05, 0.1) is 28.6 Å². The van der Waals surface area contributed by atoms with Crippen LogP contribution in [0.1, 0.15) is 253 Å². The molecular weight excluding hydrogens is 1180 g/mol. The highest BCUT2D eigenvalue weighted by atomic mass is 32.2. The summed E-state index contributed by atoms with van der Waals surface area (Å²) >= 11 is 0. The fourth-order valence-corrected chi connectivity index (χ4v) is 16.3. The zero-order valence-corrected chi connectivity index (χ0v) is 55.5. The van der Waals surface area contributed by atoms with E-state index in [1.807, 2.05) is 0 Å². The van der Waals surface area contributed by atoms with Gasteiger partial charge < -0.3 is 28.6 Å². The van der Waals surface area contributed by atoms with Gasteiger partial charge in [-0.2, -0.15) is 0 Å². The van der Waals surface area contributed by atoms with E-state index in [1.165, 1.54) is 121 Å². The number of sulfonamides is 1. The number of hydrogen-bond acceptors (Lipinski definition) is 14. The van der Waals surface area contributed by atoms with Crippen molar-refractivity contribution >= 4 is 51.2 Å². The van der Waals surface area contributed by atoms with Gasteiger partial charge in [-0.15, -0.1) is 0 Å². The van der Waals surface area contributed by atoms with Crippen molar-refractivity contribution in [3.05, 3.63) is 74.3 Å². The first kappa shape index (κ1) is 69.7. The molecule has 5 aliphatic heterocycles. The monoisotopic (exact) mass is 1280 g/mol. The summed E-state index contributed by atoms with van der Waals surface area (Å²) in [5.41, 5.74) is 6.78. The fourth-order valence-electron chi connectivity index (χ4n) is 13.7. The van der Waals surface area contributed by atoms with Crippen molar-refractivity contribution in [1.29, 1.82) is 0 Å². The molecule has 0 fully saturated rings. The van der Waals surface area contributed by atoms with Crippen LogP contribution in [0.2, 0.25) is 0 Å². The van der Waals surface area contributed by atoms with E-state index >= 15 is 0 Å². The second-order valence-electron chi connectivity index (χ2n) is 25.2. The van der Waals surface area contributed by atoms with Crippen LogP contribution in [0.3, 0.4) is 0 Å². The summed E-state index contributed by atoms with van der Waals surface area (Å²) in [7, 11) is -14.8. The smallest absolute Gasteiger partial charge is 0.472 e. The molecule has 0 bridgehead atoms. The van der Waals surface area contributed by atoms with Crippen LogP contribution in [0.4, 0.5) is 5.69 Å². The number of anilines is 1. The van der Waals surface area contributed by atoms with Crippen LogP contribution >= 0.6 is 7.82 Å². The highest BCUT2D eigenvalue weighted by molar-refractivity contribution is 7.89. The molecule has 0 aromatic heterocycles. The number of aryl methyl sites for hydroxylation is 2. The molecule has 17 nitrogen and oxygen atoms in total. The van der Waals surface area contributed by atoms with E-state index in [-0.39, 0.29) is 18.4 Å². The van der Waals surface area contributed by atoms with Gasteiger partial charge in [-0.25, -0.2) is 30.7 Å². The van der Waals surface area contributed by atoms with Gasteiger partial charge in [-0.3, -0.25) is 18.6 Å². The molecule has 0 saturated heterocycles. The molecular formula is C68H102N3O14PS2. The number of rotatable bonds is 42. The number of carbonyl (C=O) groups is 2. The third kappa shape index (κ3) is 20.1. The highest BCUT2D eigenvalue weighted by Gasteiger charge is 2.37. The third-order valence-electron chi connectivity index (χ3n) is 18.3. The number of unbranched alkanes of at least 4 members (excludes halogenated alkanes) is 24. The maximum atomic E-state index is 14.0. The van der Waals surface area contributed by atoms with Gasteiger partial charge >= 0.3 is 19.8 Å². The summed E-state index contributed by atoms with van der Waals surface area (Å²) in [5.74, 6) is 0.242. The van der Waals surface area contributed by atoms with Crippen molar-refractivity contribution in [3.8, 4) is 11.5 Å². The molecule has 88 heavy (non-hydrogen) atoms. The lowest BCUT2D eigenvalue weighted by Gasteiger charge is -2.39. The van der Waals surface area contributed by atoms with E-state index in [9.17, 15) is 40.4 Å². The molecule has 5 heterocycles. The molecule has 2 atom stereocenters. The molecule has 490 valence electrons. The van der Waals surface area contributed by atoms with Gasteiger partial charge in [-0.1, -0.05) is 174 Å². The van der Waals surface area contributed by atoms with Crippen LogP contribution < -0.4 is 29.5 Å². The van der Waals surface area contributed by atoms with E-state index in [0.29, 0.717) is 40.7 Å². The molecule has 0 saturated carbocycles. The lowest BCUT2D eigenvalue weighted by atomic mass is 9.82. The summed E-state index contributed by atoms with van der Waals surface area (Å²) in [6, 6.07) is 7.67. The summed E-state index contributed by atoms with van der Waals surface area (Å²) in [6.07, 6.45) is 36.0. The first-order chi connectivity index (χ1) is 42.6. The van der Waals surface area contributed by atoms with Crippen molar-refractivity contribution in [2.75, 3.05) is 57.4 Å². The molecule has 3 aromatic carbocycles. The van der Waals surface area contributed by atoms with E-state index in [2.05, 4.69) is 40.2 Å². The maximum absolute atomic E-state index is 14.0. The number of benzene rings is 3.